The summed E-state index contributed by atoms with van der Waals surface area (Å²) in [5.74, 6) is 0.550. The van der Waals surface area contributed by atoms with Gasteiger partial charge in [0.1, 0.15) is 0 Å². The molecule has 0 rings (SSSR count). The van der Waals surface area contributed by atoms with Gasteiger partial charge in [-0.3, -0.25) is 0 Å². The topological polar surface area (TPSA) is 50.4 Å². The van der Waals surface area contributed by atoms with Gasteiger partial charge in [-0.2, -0.15) is 0 Å². The third-order valence-corrected chi connectivity index (χ3v) is 6.71. The molecule has 0 saturated heterocycles. The van der Waals surface area contributed by atoms with Crippen molar-refractivity contribution in [2.24, 2.45) is 32.4 Å². The highest BCUT2D eigenvalue weighted by molar-refractivity contribution is 5.79. The molecule has 156 valence electrons. The van der Waals surface area contributed by atoms with Gasteiger partial charge < -0.3 is 11.1 Å². The first-order chi connectivity index (χ1) is 11.0. The summed E-state index contributed by atoms with van der Waals surface area (Å²) >= 11 is 0. The molecule has 0 aliphatic heterocycles. The monoisotopic (exact) mass is 367 g/mol. The Morgan fingerprint density at radius 2 is 1.00 bits per heavy atom. The van der Waals surface area contributed by atoms with Crippen LogP contribution >= 0.6 is 0 Å². The van der Waals surface area contributed by atoms with Crippen LogP contribution in [-0.2, 0) is 0 Å². The summed E-state index contributed by atoms with van der Waals surface area (Å²) in [5, 5.41) is 3.49. The molecule has 3 nitrogen and oxygen atoms in total. The van der Waals surface area contributed by atoms with Crippen LogP contribution in [0.3, 0.4) is 0 Å². The van der Waals surface area contributed by atoms with E-state index in [1.807, 2.05) is 0 Å². The molecule has 0 fully saturated rings. The second-order valence-corrected chi connectivity index (χ2v) is 12.9. The zero-order valence-corrected chi connectivity index (χ0v) is 20.4. The molecule has 0 spiro atoms. The Labute approximate surface area is 165 Å². The highest BCUT2D eigenvalue weighted by Gasteiger charge is 2.39. The third-order valence-electron chi connectivity index (χ3n) is 6.71. The number of hydrogen-bond donors (Lipinski definition) is 2. The second-order valence-electron chi connectivity index (χ2n) is 12.9. The minimum absolute atomic E-state index is 0.111. The standard InChI is InChI=1S/C23H49N3/c1-18(2,3)20(7,8)15-22(11,12)25-17(24)26-23(13,14)16-21(9,10)19(4,5)6/h15-16H2,1-14H3,(H3,24,25,26). The van der Waals surface area contributed by atoms with E-state index in [4.69, 9.17) is 10.7 Å². The van der Waals surface area contributed by atoms with Crippen molar-refractivity contribution in [2.45, 2.75) is 121 Å². The summed E-state index contributed by atoms with van der Waals surface area (Å²) < 4.78 is 0. The number of guanidine groups is 1. The molecule has 0 aromatic rings. The van der Waals surface area contributed by atoms with Gasteiger partial charge in [-0.05, 0) is 62.2 Å². The van der Waals surface area contributed by atoms with E-state index < -0.39 is 0 Å². The minimum Gasteiger partial charge on any atom is -0.370 e. The molecule has 0 aromatic carbocycles. The Kier molecular flexibility index (Phi) is 7.15. The zero-order valence-electron chi connectivity index (χ0n) is 20.4. The van der Waals surface area contributed by atoms with E-state index in [0.29, 0.717) is 5.96 Å². The zero-order chi connectivity index (χ0) is 21.4. The van der Waals surface area contributed by atoms with Crippen LogP contribution in [0.5, 0.6) is 0 Å². The number of aliphatic imine (C=N–C) groups is 1. The summed E-state index contributed by atoms with van der Waals surface area (Å²) in [6.45, 7) is 31.9. The lowest BCUT2D eigenvalue weighted by Gasteiger charge is -2.45. The van der Waals surface area contributed by atoms with Crippen molar-refractivity contribution in [1.29, 1.82) is 0 Å². The largest absolute Gasteiger partial charge is 0.370 e. The molecule has 3 N–H and O–H groups in total. The summed E-state index contributed by atoms with van der Waals surface area (Å²) in [6, 6.07) is 0. The number of nitrogens with two attached hydrogens (primary N) is 1. The van der Waals surface area contributed by atoms with Crippen molar-refractivity contribution in [1.82, 2.24) is 5.32 Å². The highest BCUT2D eigenvalue weighted by Crippen LogP contribution is 2.45. The van der Waals surface area contributed by atoms with E-state index in [9.17, 15) is 0 Å². The number of nitrogens with zero attached hydrogens (tertiary/aromatic N) is 1. The molecule has 0 amide bonds. The van der Waals surface area contributed by atoms with Crippen LogP contribution in [-0.4, -0.2) is 17.0 Å². The fraction of sp³-hybridized carbons (Fsp3) is 0.957. The van der Waals surface area contributed by atoms with Crippen LogP contribution in [0, 0.1) is 21.7 Å². The van der Waals surface area contributed by atoms with E-state index in [-0.39, 0.29) is 32.7 Å². The van der Waals surface area contributed by atoms with Crippen LogP contribution in [0.25, 0.3) is 0 Å². The predicted molar refractivity (Wildman–Crippen MR) is 119 cm³/mol. The van der Waals surface area contributed by atoms with Gasteiger partial charge in [0.05, 0.1) is 5.54 Å². The molecule has 0 radical (unpaired) electrons. The van der Waals surface area contributed by atoms with Crippen LogP contribution < -0.4 is 11.1 Å². The maximum absolute atomic E-state index is 6.34. The van der Waals surface area contributed by atoms with E-state index in [0.717, 1.165) is 12.8 Å². The second kappa shape index (κ2) is 7.36. The summed E-state index contributed by atoms with van der Waals surface area (Å²) in [4.78, 5) is 4.87. The average molecular weight is 368 g/mol. The lowest BCUT2D eigenvalue weighted by molar-refractivity contribution is 0.0874. The first-order valence-electron chi connectivity index (χ1n) is 10.2. The summed E-state index contributed by atoms with van der Waals surface area (Å²) in [6.07, 6.45) is 2.01. The van der Waals surface area contributed by atoms with Crippen molar-refractivity contribution < 1.29 is 0 Å². The van der Waals surface area contributed by atoms with Crippen molar-refractivity contribution >= 4 is 5.96 Å². The quantitative estimate of drug-likeness (QED) is 0.423. The molecule has 0 atom stereocenters. The molecule has 3 heteroatoms. The molecule has 26 heavy (non-hydrogen) atoms. The van der Waals surface area contributed by atoms with Crippen molar-refractivity contribution in [3.05, 3.63) is 0 Å². The fourth-order valence-electron chi connectivity index (χ4n) is 3.50. The normalized spacial score (nSPS) is 16.0. The lowest BCUT2D eigenvalue weighted by Crippen LogP contribution is -2.52. The van der Waals surface area contributed by atoms with Crippen LogP contribution in [0.15, 0.2) is 4.99 Å². The maximum Gasteiger partial charge on any atom is 0.189 e. The highest BCUT2D eigenvalue weighted by atomic mass is 15.2. The van der Waals surface area contributed by atoms with Gasteiger partial charge in [0.25, 0.3) is 0 Å². The fourth-order valence-corrected chi connectivity index (χ4v) is 3.50. The summed E-state index contributed by atoms with van der Waals surface area (Å²) in [7, 11) is 0. The first-order valence-corrected chi connectivity index (χ1v) is 10.2. The average Bonchev–Trinajstić information content (AvgIpc) is 2.18. The van der Waals surface area contributed by atoms with Gasteiger partial charge in [0.2, 0.25) is 0 Å². The minimum atomic E-state index is -0.205. The van der Waals surface area contributed by atoms with Gasteiger partial charge in [-0.1, -0.05) is 69.2 Å². The lowest BCUT2D eigenvalue weighted by atomic mass is 9.64. The number of hydrogen-bond acceptors (Lipinski definition) is 1. The molecule has 0 bridgehead atoms. The Bertz CT molecular complexity index is 495. The van der Waals surface area contributed by atoms with Crippen molar-refractivity contribution in [3.63, 3.8) is 0 Å². The summed E-state index contributed by atoms with van der Waals surface area (Å²) in [5.41, 5.74) is 6.83. The van der Waals surface area contributed by atoms with Gasteiger partial charge >= 0.3 is 0 Å². The molecule has 0 unspecified atom stereocenters. The van der Waals surface area contributed by atoms with E-state index in [1.54, 1.807) is 0 Å². The molecule has 0 aliphatic rings. The Morgan fingerprint density at radius 3 is 1.35 bits per heavy atom. The molecule has 0 heterocycles. The Hall–Kier alpha value is -0.730. The smallest absolute Gasteiger partial charge is 0.189 e. The van der Waals surface area contributed by atoms with Crippen LogP contribution in [0.4, 0.5) is 0 Å². The third kappa shape index (κ3) is 7.48. The van der Waals surface area contributed by atoms with E-state index >= 15 is 0 Å². The van der Waals surface area contributed by atoms with Crippen molar-refractivity contribution in [2.75, 3.05) is 0 Å². The van der Waals surface area contributed by atoms with Gasteiger partial charge in [0, 0.05) is 5.54 Å². The Morgan fingerprint density at radius 1 is 0.654 bits per heavy atom. The van der Waals surface area contributed by atoms with Gasteiger partial charge in [-0.25, -0.2) is 4.99 Å². The molecule has 0 aromatic heterocycles. The predicted octanol–water partition coefficient (Wildman–Crippen LogP) is 6.37. The molecular weight excluding hydrogens is 318 g/mol. The van der Waals surface area contributed by atoms with Crippen molar-refractivity contribution in [3.8, 4) is 0 Å². The molecular formula is C23H49N3. The first kappa shape index (κ1) is 25.3. The number of rotatable bonds is 6. The molecule has 0 aliphatic carbocycles. The van der Waals surface area contributed by atoms with E-state index in [1.165, 1.54) is 0 Å². The Balaban J connectivity index is 5.27. The molecule has 0 saturated carbocycles. The maximum atomic E-state index is 6.34. The van der Waals surface area contributed by atoms with Crippen LogP contribution in [0.1, 0.15) is 110 Å². The van der Waals surface area contributed by atoms with Gasteiger partial charge in [-0.15, -0.1) is 0 Å². The number of nitrogens with one attached hydrogen (secondary N) is 1. The van der Waals surface area contributed by atoms with Gasteiger partial charge in [0.15, 0.2) is 5.96 Å². The van der Waals surface area contributed by atoms with Crippen LogP contribution in [0.2, 0.25) is 0 Å². The van der Waals surface area contributed by atoms with E-state index in [2.05, 4.69) is 102 Å². The SMILES string of the molecule is CC(C)(CC(C)(C)C(C)(C)C)N=C(N)NC(C)(C)CC(C)(C)C(C)(C)C.